The molecule has 2 aromatic rings. The van der Waals surface area contributed by atoms with Gasteiger partial charge < -0.3 is 15.5 Å². The fraction of sp³-hybridized carbons (Fsp3) is 0.267. The van der Waals surface area contributed by atoms with Crippen LogP contribution >= 0.6 is 11.3 Å². The van der Waals surface area contributed by atoms with Crippen molar-refractivity contribution in [3.8, 4) is 0 Å². The maximum atomic E-state index is 13.6. The lowest BCUT2D eigenvalue weighted by atomic mass is 10.1. The van der Waals surface area contributed by atoms with Crippen LogP contribution in [-0.4, -0.2) is 35.9 Å². The average Bonchev–Trinajstić information content (AvgIpc) is 2.93. The molecule has 8 heteroatoms. The molecule has 23 heavy (non-hydrogen) atoms. The first kappa shape index (κ1) is 16.9. The van der Waals surface area contributed by atoms with Gasteiger partial charge in [-0.15, -0.1) is 11.3 Å². The number of aryl methyl sites for hydroxylation is 1. The highest BCUT2D eigenvalue weighted by atomic mass is 32.1. The minimum Gasteiger partial charge on any atom is -0.355 e. The summed E-state index contributed by atoms with van der Waals surface area (Å²) in [5.74, 6) is -1.20. The highest BCUT2D eigenvalue weighted by Gasteiger charge is 2.14. The zero-order valence-electron chi connectivity index (χ0n) is 13.0. The number of carbonyl (C=O) groups is 2. The van der Waals surface area contributed by atoms with Crippen LogP contribution in [0.15, 0.2) is 23.6 Å². The van der Waals surface area contributed by atoms with E-state index in [1.807, 2.05) is 12.3 Å². The Morgan fingerprint density at radius 1 is 1.39 bits per heavy atom. The Bertz CT molecular complexity index is 732. The molecule has 0 saturated heterocycles. The summed E-state index contributed by atoms with van der Waals surface area (Å²) in [5, 5.41) is 7.72. The molecule has 6 nitrogen and oxygen atoms in total. The SMILES string of the molecule is CNC(=O)c1cc(NC(=O)N(C)Cc2nc(C)cs2)ccc1F. The normalized spacial score (nSPS) is 10.3. The summed E-state index contributed by atoms with van der Waals surface area (Å²) in [5.41, 5.74) is 1.13. The van der Waals surface area contributed by atoms with Gasteiger partial charge in [0.1, 0.15) is 10.8 Å². The summed E-state index contributed by atoms with van der Waals surface area (Å²) in [7, 11) is 3.05. The van der Waals surface area contributed by atoms with Gasteiger partial charge in [-0.3, -0.25) is 4.79 Å². The number of amides is 3. The van der Waals surface area contributed by atoms with Crippen molar-refractivity contribution >= 4 is 29.0 Å². The molecule has 0 aliphatic rings. The first-order valence-corrected chi connectivity index (χ1v) is 7.73. The van der Waals surface area contributed by atoms with Gasteiger partial charge in [0, 0.05) is 30.9 Å². The number of hydrogen-bond acceptors (Lipinski definition) is 4. The number of benzene rings is 1. The van der Waals surface area contributed by atoms with Crippen molar-refractivity contribution < 1.29 is 14.0 Å². The third-order valence-electron chi connectivity index (χ3n) is 3.08. The van der Waals surface area contributed by atoms with Gasteiger partial charge in [-0.25, -0.2) is 14.2 Å². The van der Waals surface area contributed by atoms with Crippen LogP contribution in [0.5, 0.6) is 0 Å². The number of nitrogens with zero attached hydrogens (tertiary/aromatic N) is 2. The molecule has 0 aliphatic heterocycles. The van der Waals surface area contributed by atoms with E-state index in [9.17, 15) is 14.0 Å². The van der Waals surface area contributed by atoms with E-state index in [-0.39, 0.29) is 11.6 Å². The molecule has 0 radical (unpaired) electrons. The van der Waals surface area contributed by atoms with E-state index in [0.717, 1.165) is 16.8 Å². The number of halogens is 1. The molecule has 122 valence electrons. The maximum Gasteiger partial charge on any atom is 0.321 e. The molecule has 2 rings (SSSR count). The van der Waals surface area contributed by atoms with Gasteiger partial charge in [-0.05, 0) is 25.1 Å². The first-order chi connectivity index (χ1) is 10.9. The Labute approximate surface area is 137 Å². The lowest BCUT2D eigenvalue weighted by molar-refractivity contribution is 0.0959. The van der Waals surface area contributed by atoms with Gasteiger partial charge in [0.25, 0.3) is 5.91 Å². The summed E-state index contributed by atoms with van der Waals surface area (Å²) in [4.78, 5) is 29.5. The predicted octanol–water partition coefficient (Wildman–Crippen LogP) is 2.61. The van der Waals surface area contributed by atoms with Crippen molar-refractivity contribution in [2.75, 3.05) is 19.4 Å². The van der Waals surface area contributed by atoms with E-state index < -0.39 is 11.7 Å². The molecule has 0 atom stereocenters. The van der Waals surface area contributed by atoms with Gasteiger partial charge in [0.2, 0.25) is 0 Å². The Kier molecular flexibility index (Phi) is 5.28. The van der Waals surface area contributed by atoms with Crippen LogP contribution in [0, 0.1) is 12.7 Å². The van der Waals surface area contributed by atoms with Crippen LogP contribution in [0.4, 0.5) is 14.9 Å². The van der Waals surface area contributed by atoms with E-state index in [1.165, 1.54) is 35.4 Å². The molecule has 0 fully saturated rings. The molecule has 0 spiro atoms. The number of aromatic nitrogens is 1. The molecule has 1 heterocycles. The number of anilines is 1. The van der Waals surface area contributed by atoms with Crippen LogP contribution in [-0.2, 0) is 6.54 Å². The monoisotopic (exact) mass is 336 g/mol. The van der Waals surface area contributed by atoms with Gasteiger partial charge in [0.15, 0.2) is 0 Å². The predicted molar refractivity (Wildman–Crippen MR) is 87.1 cm³/mol. The van der Waals surface area contributed by atoms with Crippen molar-refractivity contribution in [3.05, 3.63) is 45.7 Å². The van der Waals surface area contributed by atoms with Gasteiger partial charge in [-0.1, -0.05) is 0 Å². The van der Waals surface area contributed by atoms with Crippen molar-refractivity contribution in [1.29, 1.82) is 0 Å². The lowest BCUT2D eigenvalue weighted by Crippen LogP contribution is -2.31. The molecular formula is C15H17FN4O2S. The molecule has 0 bridgehead atoms. The van der Waals surface area contributed by atoms with Crippen LogP contribution in [0.2, 0.25) is 0 Å². The summed E-state index contributed by atoms with van der Waals surface area (Å²) < 4.78 is 13.6. The molecule has 0 unspecified atom stereocenters. The Morgan fingerprint density at radius 2 is 2.13 bits per heavy atom. The van der Waals surface area contributed by atoms with Gasteiger partial charge >= 0.3 is 6.03 Å². The average molecular weight is 336 g/mol. The number of carbonyl (C=O) groups excluding carboxylic acids is 2. The van der Waals surface area contributed by atoms with Crippen LogP contribution in [0.3, 0.4) is 0 Å². The van der Waals surface area contributed by atoms with Crippen LogP contribution in [0.1, 0.15) is 21.1 Å². The van der Waals surface area contributed by atoms with E-state index in [2.05, 4.69) is 15.6 Å². The van der Waals surface area contributed by atoms with E-state index >= 15 is 0 Å². The van der Waals surface area contributed by atoms with Crippen molar-refractivity contribution in [2.24, 2.45) is 0 Å². The standard InChI is InChI=1S/C15H17FN4O2S/c1-9-8-23-13(18-9)7-20(3)15(22)19-10-4-5-12(16)11(6-10)14(21)17-2/h4-6,8H,7H2,1-3H3,(H,17,21)(H,19,22). The molecule has 3 amide bonds. The fourth-order valence-electron chi connectivity index (χ4n) is 1.88. The second kappa shape index (κ2) is 7.19. The van der Waals surface area contributed by atoms with Gasteiger partial charge in [0.05, 0.1) is 12.1 Å². The summed E-state index contributed by atoms with van der Waals surface area (Å²) in [6.45, 7) is 2.26. The van der Waals surface area contributed by atoms with Crippen molar-refractivity contribution in [1.82, 2.24) is 15.2 Å². The Morgan fingerprint density at radius 3 is 2.74 bits per heavy atom. The zero-order chi connectivity index (χ0) is 17.0. The largest absolute Gasteiger partial charge is 0.355 e. The molecule has 1 aromatic heterocycles. The minimum atomic E-state index is -0.644. The van der Waals surface area contributed by atoms with Crippen LogP contribution in [0.25, 0.3) is 0 Å². The lowest BCUT2D eigenvalue weighted by Gasteiger charge is -2.17. The maximum absolute atomic E-state index is 13.6. The zero-order valence-corrected chi connectivity index (χ0v) is 13.8. The Balaban J connectivity index is 2.06. The van der Waals surface area contributed by atoms with E-state index in [4.69, 9.17) is 0 Å². The minimum absolute atomic E-state index is 0.122. The second-order valence-corrected chi connectivity index (χ2v) is 5.89. The molecule has 2 N–H and O–H groups in total. The molecule has 1 aromatic carbocycles. The molecule has 0 saturated carbocycles. The number of thiazole rings is 1. The fourth-order valence-corrected chi connectivity index (χ4v) is 2.70. The molecule has 0 aliphatic carbocycles. The molecular weight excluding hydrogens is 319 g/mol. The highest BCUT2D eigenvalue weighted by Crippen LogP contribution is 2.16. The van der Waals surface area contributed by atoms with E-state index in [1.54, 1.807) is 7.05 Å². The first-order valence-electron chi connectivity index (χ1n) is 6.85. The smallest absolute Gasteiger partial charge is 0.321 e. The number of hydrogen-bond donors (Lipinski definition) is 2. The van der Waals surface area contributed by atoms with Crippen molar-refractivity contribution in [3.63, 3.8) is 0 Å². The topological polar surface area (TPSA) is 74.3 Å². The number of rotatable bonds is 4. The second-order valence-electron chi connectivity index (χ2n) is 4.94. The summed E-state index contributed by atoms with van der Waals surface area (Å²) >= 11 is 1.48. The van der Waals surface area contributed by atoms with E-state index in [0.29, 0.717) is 12.2 Å². The third kappa shape index (κ3) is 4.26. The third-order valence-corrected chi connectivity index (χ3v) is 4.03. The quantitative estimate of drug-likeness (QED) is 0.901. The summed E-state index contributed by atoms with van der Waals surface area (Å²) in [6.07, 6.45) is 0. The van der Waals surface area contributed by atoms with Crippen molar-refractivity contribution in [2.45, 2.75) is 13.5 Å². The highest BCUT2D eigenvalue weighted by molar-refractivity contribution is 7.09. The Hall–Kier alpha value is -2.48. The number of nitrogens with one attached hydrogen (secondary N) is 2. The summed E-state index contributed by atoms with van der Waals surface area (Å²) in [6, 6.07) is 3.48. The number of urea groups is 1. The van der Waals surface area contributed by atoms with Gasteiger partial charge in [-0.2, -0.15) is 0 Å². The van der Waals surface area contributed by atoms with Crippen LogP contribution < -0.4 is 10.6 Å².